The van der Waals surface area contributed by atoms with Gasteiger partial charge in [-0.15, -0.1) is 0 Å². The van der Waals surface area contributed by atoms with Gasteiger partial charge in [0.15, 0.2) is 0 Å². The van der Waals surface area contributed by atoms with E-state index in [2.05, 4.69) is 15.4 Å². The van der Waals surface area contributed by atoms with Crippen LogP contribution in [0.5, 0.6) is 0 Å². The second-order valence-electron chi connectivity index (χ2n) is 3.47. The average Bonchev–Trinajstić information content (AvgIpc) is 2.77. The van der Waals surface area contributed by atoms with E-state index in [0.717, 1.165) is 17.9 Å². The van der Waals surface area contributed by atoms with Crippen molar-refractivity contribution in [1.82, 2.24) is 14.8 Å². The molecule has 0 bridgehead atoms. The maximum Gasteiger partial charge on any atom is 0.124 e. The average molecular weight is 247 g/mol. The molecule has 2 rings (SSSR count). The van der Waals surface area contributed by atoms with Crippen LogP contribution in [-0.4, -0.2) is 19.8 Å². The number of hydrogen-bond acceptors (Lipinski definition) is 4. The quantitative estimate of drug-likeness (QED) is 0.804. The Morgan fingerprint density at radius 1 is 1.59 bits per heavy atom. The summed E-state index contributed by atoms with van der Waals surface area (Å²) in [6.45, 7) is 2.86. The van der Waals surface area contributed by atoms with E-state index >= 15 is 0 Å². The largest absolute Gasteiger partial charge is 0.388 e. The number of rotatable bonds is 4. The molecule has 3 N–H and O–H groups in total. The third-order valence-corrected chi connectivity index (χ3v) is 2.47. The molecule has 0 saturated heterocycles. The first kappa shape index (κ1) is 11.5. The van der Waals surface area contributed by atoms with Crippen LogP contribution in [0.2, 0.25) is 0 Å². The number of aromatic nitrogens is 3. The van der Waals surface area contributed by atoms with Gasteiger partial charge in [-0.1, -0.05) is 12.2 Å². The number of nitrogens with two attached hydrogens (primary N) is 1. The van der Waals surface area contributed by atoms with Crippen LogP contribution >= 0.6 is 12.2 Å². The van der Waals surface area contributed by atoms with Crippen molar-refractivity contribution < 1.29 is 0 Å². The summed E-state index contributed by atoms with van der Waals surface area (Å²) in [5.41, 5.74) is 7.87. The summed E-state index contributed by atoms with van der Waals surface area (Å²) >= 11 is 4.95. The van der Waals surface area contributed by atoms with Crippen LogP contribution in [0.4, 0.5) is 11.4 Å². The van der Waals surface area contributed by atoms with E-state index in [4.69, 9.17) is 18.0 Å². The summed E-state index contributed by atoms with van der Waals surface area (Å²) in [5.74, 6) is 0. The van der Waals surface area contributed by atoms with Crippen LogP contribution in [-0.2, 0) is 6.54 Å². The van der Waals surface area contributed by atoms with Crippen LogP contribution in [0.15, 0.2) is 30.7 Å². The summed E-state index contributed by atoms with van der Waals surface area (Å²) in [5, 5.41) is 7.37. The van der Waals surface area contributed by atoms with Crippen molar-refractivity contribution in [1.29, 1.82) is 0 Å². The number of nitrogens with one attached hydrogen (secondary N) is 1. The van der Waals surface area contributed by atoms with E-state index in [0.29, 0.717) is 5.69 Å². The van der Waals surface area contributed by atoms with Crippen LogP contribution in [0.25, 0.3) is 0 Å². The Hall–Kier alpha value is -1.95. The molecule has 0 spiro atoms. The molecule has 17 heavy (non-hydrogen) atoms. The van der Waals surface area contributed by atoms with Gasteiger partial charge in [0.1, 0.15) is 10.7 Å². The minimum Gasteiger partial charge on any atom is -0.388 e. The summed E-state index contributed by atoms with van der Waals surface area (Å²) < 4.78 is 1.83. The SMILES string of the molecule is CCn1cc(Nc2cccnc2C(N)=S)cn1. The lowest BCUT2D eigenvalue weighted by atomic mass is 10.3. The molecule has 0 aromatic carbocycles. The molecule has 0 saturated carbocycles. The summed E-state index contributed by atoms with van der Waals surface area (Å²) in [6, 6.07) is 3.71. The van der Waals surface area contributed by atoms with Crippen LogP contribution in [0.3, 0.4) is 0 Å². The molecule has 5 nitrogen and oxygen atoms in total. The Bertz CT molecular complexity index is 534. The first-order valence-corrected chi connectivity index (χ1v) is 5.66. The molecule has 0 fully saturated rings. The third kappa shape index (κ3) is 2.59. The fourth-order valence-corrected chi connectivity index (χ4v) is 1.62. The zero-order valence-corrected chi connectivity index (χ0v) is 10.2. The highest BCUT2D eigenvalue weighted by Crippen LogP contribution is 2.18. The smallest absolute Gasteiger partial charge is 0.124 e. The van der Waals surface area contributed by atoms with Crippen LogP contribution in [0.1, 0.15) is 12.6 Å². The van der Waals surface area contributed by atoms with E-state index in [1.54, 1.807) is 12.4 Å². The fourth-order valence-electron chi connectivity index (χ4n) is 1.46. The van der Waals surface area contributed by atoms with Crippen molar-refractivity contribution in [2.24, 2.45) is 5.73 Å². The summed E-state index contributed by atoms with van der Waals surface area (Å²) in [7, 11) is 0. The number of thiocarbonyl (C=S) groups is 1. The van der Waals surface area contributed by atoms with E-state index in [9.17, 15) is 0 Å². The van der Waals surface area contributed by atoms with Gasteiger partial charge in [-0.05, 0) is 19.1 Å². The van der Waals surface area contributed by atoms with Crippen molar-refractivity contribution in [3.05, 3.63) is 36.4 Å². The minimum atomic E-state index is 0.274. The maximum absolute atomic E-state index is 5.61. The van der Waals surface area contributed by atoms with Crippen molar-refractivity contribution >= 4 is 28.6 Å². The lowest BCUT2D eigenvalue weighted by Gasteiger charge is -2.07. The molecule has 0 atom stereocenters. The second-order valence-corrected chi connectivity index (χ2v) is 3.91. The first-order chi connectivity index (χ1) is 8.20. The Labute approximate surface area is 105 Å². The lowest BCUT2D eigenvalue weighted by molar-refractivity contribution is 0.660. The van der Waals surface area contributed by atoms with Gasteiger partial charge in [-0.2, -0.15) is 5.10 Å². The normalized spacial score (nSPS) is 10.2. The molecule has 0 amide bonds. The number of hydrogen-bond donors (Lipinski definition) is 2. The molecule has 6 heteroatoms. The van der Waals surface area contributed by atoms with Crippen molar-refractivity contribution in [3.8, 4) is 0 Å². The predicted octanol–water partition coefficient (Wildman–Crippen LogP) is 1.68. The Kier molecular flexibility index (Phi) is 3.34. The van der Waals surface area contributed by atoms with Crippen molar-refractivity contribution in [2.45, 2.75) is 13.5 Å². The molecular formula is C11H13N5S. The minimum absolute atomic E-state index is 0.274. The van der Waals surface area contributed by atoms with E-state index in [1.807, 2.05) is 29.9 Å². The zero-order chi connectivity index (χ0) is 12.3. The van der Waals surface area contributed by atoms with Gasteiger partial charge in [-0.3, -0.25) is 9.67 Å². The lowest BCUT2D eigenvalue weighted by Crippen LogP contribution is -2.13. The van der Waals surface area contributed by atoms with E-state index in [1.165, 1.54) is 0 Å². The fraction of sp³-hybridized carbons (Fsp3) is 0.182. The highest BCUT2D eigenvalue weighted by atomic mass is 32.1. The number of nitrogens with zero attached hydrogens (tertiary/aromatic N) is 3. The maximum atomic E-state index is 5.61. The molecule has 2 aromatic heterocycles. The molecule has 0 radical (unpaired) electrons. The Morgan fingerprint density at radius 2 is 2.41 bits per heavy atom. The van der Waals surface area contributed by atoms with E-state index in [-0.39, 0.29) is 4.99 Å². The Morgan fingerprint density at radius 3 is 3.06 bits per heavy atom. The molecule has 0 aliphatic rings. The third-order valence-electron chi connectivity index (χ3n) is 2.28. The molecule has 0 aliphatic heterocycles. The van der Waals surface area contributed by atoms with Crippen molar-refractivity contribution in [3.63, 3.8) is 0 Å². The highest BCUT2D eigenvalue weighted by molar-refractivity contribution is 7.80. The Balaban J connectivity index is 2.26. The van der Waals surface area contributed by atoms with Gasteiger partial charge in [0.05, 0.1) is 17.6 Å². The standard InChI is InChI=1S/C11H13N5S/c1-2-16-7-8(6-14-16)15-9-4-3-5-13-10(9)11(12)17/h3-7,15H,2H2,1H3,(H2,12,17). The van der Waals surface area contributed by atoms with Crippen LogP contribution < -0.4 is 11.1 Å². The number of aryl methyl sites for hydroxylation is 1. The second kappa shape index (κ2) is 4.92. The molecule has 0 aliphatic carbocycles. The van der Waals surface area contributed by atoms with Gasteiger partial charge in [0.25, 0.3) is 0 Å². The van der Waals surface area contributed by atoms with Crippen molar-refractivity contribution in [2.75, 3.05) is 5.32 Å². The van der Waals surface area contributed by atoms with Gasteiger partial charge < -0.3 is 11.1 Å². The number of pyridine rings is 1. The molecular weight excluding hydrogens is 234 g/mol. The molecule has 2 heterocycles. The van der Waals surface area contributed by atoms with Gasteiger partial charge in [-0.25, -0.2) is 0 Å². The zero-order valence-electron chi connectivity index (χ0n) is 9.42. The number of anilines is 2. The molecule has 0 unspecified atom stereocenters. The highest BCUT2D eigenvalue weighted by Gasteiger charge is 2.06. The van der Waals surface area contributed by atoms with E-state index < -0.39 is 0 Å². The van der Waals surface area contributed by atoms with Crippen LogP contribution in [0, 0.1) is 0 Å². The predicted molar refractivity (Wildman–Crippen MR) is 71.3 cm³/mol. The first-order valence-electron chi connectivity index (χ1n) is 5.25. The summed E-state index contributed by atoms with van der Waals surface area (Å²) in [6.07, 6.45) is 5.32. The molecule has 2 aromatic rings. The molecule has 88 valence electrons. The van der Waals surface area contributed by atoms with Gasteiger partial charge in [0.2, 0.25) is 0 Å². The topological polar surface area (TPSA) is 68.8 Å². The van der Waals surface area contributed by atoms with Gasteiger partial charge >= 0.3 is 0 Å². The monoisotopic (exact) mass is 247 g/mol. The summed E-state index contributed by atoms with van der Waals surface area (Å²) in [4.78, 5) is 4.42. The van der Waals surface area contributed by atoms with Gasteiger partial charge in [0, 0.05) is 18.9 Å².